The zero-order valence-corrected chi connectivity index (χ0v) is 14.1. The predicted octanol–water partition coefficient (Wildman–Crippen LogP) is 3.06. The summed E-state index contributed by atoms with van der Waals surface area (Å²) in [6.45, 7) is 9.65. The molecule has 1 aromatic carbocycles. The largest absolute Gasteiger partial charge is 0.492 e. The van der Waals surface area contributed by atoms with E-state index in [4.69, 9.17) is 4.74 Å². The van der Waals surface area contributed by atoms with Gasteiger partial charge in [-0.3, -0.25) is 0 Å². The molecule has 21 heavy (non-hydrogen) atoms. The lowest BCUT2D eigenvalue weighted by Crippen LogP contribution is -2.42. The van der Waals surface area contributed by atoms with Crippen LogP contribution in [-0.4, -0.2) is 32.4 Å². The van der Waals surface area contributed by atoms with E-state index in [9.17, 15) is 8.42 Å². The van der Waals surface area contributed by atoms with Gasteiger partial charge in [-0.15, -0.1) is 0 Å². The van der Waals surface area contributed by atoms with E-state index < -0.39 is 10.0 Å². The van der Waals surface area contributed by atoms with Crippen molar-refractivity contribution >= 4 is 10.0 Å². The maximum Gasteiger partial charge on any atom is 0.246 e. The molecule has 0 radical (unpaired) electrons. The Bertz CT molecular complexity index is 588. The highest BCUT2D eigenvalue weighted by Gasteiger charge is 2.33. The first kappa shape index (κ1) is 16.3. The molecule has 4 nitrogen and oxygen atoms in total. The van der Waals surface area contributed by atoms with Crippen LogP contribution in [0.3, 0.4) is 0 Å². The monoisotopic (exact) mass is 311 g/mol. The van der Waals surface area contributed by atoms with Gasteiger partial charge in [-0.1, -0.05) is 19.9 Å². The van der Waals surface area contributed by atoms with E-state index in [1.807, 2.05) is 19.9 Å². The quantitative estimate of drug-likeness (QED) is 0.858. The second-order valence-corrected chi connectivity index (χ2v) is 8.06. The Morgan fingerprint density at radius 1 is 1.24 bits per heavy atom. The Morgan fingerprint density at radius 2 is 1.86 bits per heavy atom. The van der Waals surface area contributed by atoms with Crippen LogP contribution in [0, 0.1) is 18.8 Å². The maximum atomic E-state index is 12.9. The van der Waals surface area contributed by atoms with Gasteiger partial charge in [0.15, 0.2) is 0 Å². The van der Waals surface area contributed by atoms with Gasteiger partial charge < -0.3 is 4.74 Å². The third-order valence-electron chi connectivity index (χ3n) is 3.85. The molecule has 2 atom stereocenters. The van der Waals surface area contributed by atoms with Gasteiger partial charge in [-0.25, -0.2) is 8.42 Å². The van der Waals surface area contributed by atoms with Gasteiger partial charge in [0.25, 0.3) is 0 Å². The summed E-state index contributed by atoms with van der Waals surface area (Å²) in [5.74, 6) is 1.25. The third kappa shape index (κ3) is 3.58. The predicted molar refractivity (Wildman–Crippen MR) is 84.1 cm³/mol. The summed E-state index contributed by atoms with van der Waals surface area (Å²) in [7, 11) is -3.49. The maximum absolute atomic E-state index is 12.9. The van der Waals surface area contributed by atoms with Crippen LogP contribution in [0.5, 0.6) is 5.75 Å². The molecular formula is C16H25NO3S. The lowest BCUT2D eigenvalue weighted by molar-refractivity contribution is 0.222. The summed E-state index contributed by atoms with van der Waals surface area (Å²) in [4.78, 5) is 0.288. The SMILES string of the molecule is CCOc1cc(C)ccc1S(=O)(=O)N1CC(C)CC(C)C1. The van der Waals surface area contributed by atoms with Crippen molar-refractivity contribution in [3.8, 4) is 5.75 Å². The van der Waals surface area contributed by atoms with E-state index in [1.165, 1.54) is 0 Å². The van der Waals surface area contributed by atoms with Crippen molar-refractivity contribution in [2.24, 2.45) is 11.8 Å². The molecular weight excluding hydrogens is 286 g/mol. The molecule has 1 fully saturated rings. The molecule has 0 amide bonds. The van der Waals surface area contributed by atoms with Gasteiger partial charge in [-0.2, -0.15) is 4.31 Å². The number of piperidine rings is 1. The van der Waals surface area contributed by atoms with Crippen molar-refractivity contribution in [1.82, 2.24) is 4.31 Å². The van der Waals surface area contributed by atoms with E-state index in [1.54, 1.807) is 16.4 Å². The summed E-state index contributed by atoms with van der Waals surface area (Å²) in [6.07, 6.45) is 1.08. The van der Waals surface area contributed by atoms with E-state index in [0.717, 1.165) is 12.0 Å². The lowest BCUT2D eigenvalue weighted by atomic mass is 9.94. The Balaban J connectivity index is 2.39. The van der Waals surface area contributed by atoms with Crippen molar-refractivity contribution < 1.29 is 13.2 Å². The van der Waals surface area contributed by atoms with Crippen LogP contribution in [0.15, 0.2) is 23.1 Å². The second-order valence-electron chi connectivity index (χ2n) is 6.15. The Hall–Kier alpha value is -1.07. The molecule has 0 bridgehead atoms. The van der Waals surface area contributed by atoms with Crippen LogP contribution >= 0.6 is 0 Å². The fourth-order valence-corrected chi connectivity index (χ4v) is 4.83. The van der Waals surface area contributed by atoms with E-state index in [2.05, 4.69) is 13.8 Å². The van der Waals surface area contributed by atoms with Crippen LogP contribution in [0.25, 0.3) is 0 Å². The molecule has 1 aliphatic heterocycles. The van der Waals surface area contributed by atoms with Crippen LogP contribution in [-0.2, 0) is 10.0 Å². The zero-order chi connectivity index (χ0) is 15.6. The van der Waals surface area contributed by atoms with Crippen LogP contribution in [0.4, 0.5) is 0 Å². The first-order chi connectivity index (χ1) is 9.84. The molecule has 0 saturated carbocycles. The first-order valence-electron chi connectivity index (χ1n) is 7.58. The zero-order valence-electron chi connectivity index (χ0n) is 13.3. The molecule has 0 N–H and O–H groups in total. The highest BCUT2D eigenvalue weighted by molar-refractivity contribution is 7.89. The fourth-order valence-electron chi connectivity index (χ4n) is 3.04. The average Bonchev–Trinajstić information content (AvgIpc) is 2.37. The van der Waals surface area contributed by atoms with Crippen molar-refractivity contribution in [3.63, 3.8) is 0 Å². The molecule has 0 spiro atoms. The number of sulfonamides is 1. The first-order valence-corrected chi connectivity index (χ1v) is 9.02. The summed E-state index contributed by atoms with van der Waals surface area (Å²) >= 11 is 0. The minimum absolute atomic E-state index is 0.288. The second kappa shape index (κ2) is 6.36. The molecule has 1 aromatic rings. The molecule has 0 aliphatic carbocycles. The van der Waals surface area contributed by atoms with Crippen molar-refractivity contribution in [1.29, 1.82) is 0 Å². The van der Waals surface area contributed by atoms with E-state index in [-0.39, 0.29) is 4.90 Å². The summed E-state index contributed by atoms with van der Waals surface area (Å²) in [5, 5.41) is 0. The summed E-state index contributed by atoms with van der Waals surface area (Å²) in [6, 6.07) is 5.29. The van der Waals surface area contributed by atoms with Gasteiger partial charge in [0, 0.05) is 13.1 Å². The van der Waals surface area contributed by atoms with Gasteiger partial charge in [0.2, 0.25) is 10.0 Å². The molecule has 118 valence electrons. The van der Waals surface area contributed by atoms with Crippen LogP contribution in [0.1, 0.15) is 32.8 Å². The van der Waals surface area contributed by atoms with Crippen LogP contribution in [0.2, 0.25) is 0 Å². The smallest absolute Gasteiger partial charge is 0.246 e. The van der Waals surface area contributed by atoms with Gasteiger partial charge >= 0.3 is 0 Å². The minimum atomic E-state index is -3.49. The van der Waals surface area contributed by atoms with Crippen molar-refractivity contribution in [2.75, 3.05) is 19.7 Å². The number of hydrogen-bond donors (Lipinski definition) is 0. The van der Waals surface area contributed by atoms with E-state index in [0.29, 0.717) is 37.3 Å². The normalized spacial score (nSPS) is 24.0. The third-order valence-corrected chi connectivity index (χ3v) is 5.72. The number of nitrogens with zero attached hydrogens (tertiary/aromatic N) is 1. The molecule has 2 unspecified atom stereocenters. The summed E-state index contributed by atoms with van der Waals surface area (Å²) in [5.41, 5.74) is 0.998. The molecule has 0 aromatic heterocycles. The Morgan fingerprint density at radius 3 is 2.43 bits per heavy atom. The molecule has 1 heterocycles. The lowest BCUT2D eigenvalue weighted by Gasteiger charge is -2.34. The Labute approximate surface area is 128 Å². The molecule has 5 heteroatoms. The number of aryl methyl sites for hydroxylation is 1. The topological polar surface area (TPSA) is 46.6 Å². The van der Waals surface area contributed by atoms with Gasteiger partial charge in [0.1, 0.15) is 10.6 Å². The van der Waals surface area contributed by atoms with Crippen molar-refractivity contribution in [3.05, 3.63) is 23.8 Å². The van der Waals surface area contributed by atoms with Gasteiger partial charge in [0.05, 0.1) is 6.61 Å². The highest BCUT2D eigenvalue weighted by atomic mass is 32.2. The average molecular weight is 311 g/mol. The molecule has 1 saturated heterocycles. The Kier molecular flexibility index (Phi) is 4.94. The van der Waals surface area contributed by atoms with Crippen molar-refractivity contribution in [2.45, 2.75) is 39.0 Å². The minimum Gasteiger partial charge on any atom is -0.492 e. The molecule has 1 aliphatic rings. The number of ether oxygens (including phenoxy) is 1. The van der Waals surface area contributed by atoms with Crippen LogP contribution < -0.4 is 4.74 Å². The fraction of sp³-hybridized carbons (Fsp3) is 0.625. The van der Waals surface area contributed by atoms with E-state index >= 15 is 0 Å². The number of hydrogen-bond acceptors (Lipinski definition) is 3. The standard InChI is InChI=1S/C16H25NO3S/c1-5-20-15-9-12(2)6-7-16(15)21(18,19)17-10-13(3)8-14(4)11-17/h6-7,9,13-14H,5,8,10-11H2,1-4H3. The number of rotatable bonds is 4. The highest BCUT2D eigenvalue weighted by Crippen LogP contribution is 2.31. The molecule has 2 rings (SSSR count). The van der Waals surface area contributed by atoms with Gasteiger partial charge in [-0.05, 0) is 49.8 Å². The summed E-state index contributed by atoms with van der Waals surface area (Å²) < 4.78 is 33.0. The number of benzene rings is 1.